The fraction of sp³-hybridized carbons (Fsp3) is 0.357. The smallest absolute Gasteiger partial charge is 0.251 e. The van der Waals surface area contributed by atoms with E-state index < -0.39 is 6.10 Å². The van der Waals surface area contributed by atoms with Crippen LogP contribution in [0.2, 0.25) is 0 Å². The van der Waals surface area contributed by atoms with Gasteiger partial charge in [0, 0.05) is 30.9 Å². The van der Waals surface area contributed by atoms with Gasteiger partial charge in [-0.15, -0.1) is 0 Å². The Balaban J connectivity index is 1.89. The topological polar surface area (TPSA) is 74.3 Å². The van der Waals surface area contributed by atoms with E-state index >= 15 is 0 Å². The van der Waals surface area contributed by atoms with Crippen LogP contribution >= 0.6 is 0 Å². The first kappa shape index (κ1) is 13.6. The number of fused-ring (bicyclic) bond motifs is 1. The lowest BCUT2D eigenvalue weighted by atomic mass is 10.1. The second-order valence-electron chi connectivity index (χ2n) is 4.43. The molecule has 1 unspecified atom stereocenters. The van der Waals surface area contributed by atoms with E-state index in [1.807, 2.05) is 24.4 Å². The normalized spacial score (nSPS) is 12.5. The average Bonchev–Trinajstić information content (AvgIpc) is 2.86. The van der Waals surface area contributed by atoms with Gasteiger partial charge >= 0.3 is 0 Å². The van der Waals surface area contributed by atoms with Gasteiger partial charge in [0.2, 0.25) is 0 Å². The average molecular weight is 262 g/mol. The summed E-state index contributed by atoms with van der Waals surface area (Å²) in [7, 11) is 1.54. The van der Waals surface area contributed by atoms with Gasteiger partial charge in [0.15, 0.2) is 0 Å². The van der Waals surface area contributed by atoms with Crippen LogP contribution < -0.4 is 5.32 Å². The summed E-state index contributed by atoms with van der Waals surface area (Å²) in [5.74, 6) is -0.138. The van der Waals surface area contributed by atoms with E-state index in [2.05, 4.69) is 10.3 Å². The van der Waals surface area contributed by atoms with Crippen molar-refractivity contribution in [2.75, 3.05) is 20.3 Å². The zero-order valence-corrected chi connectivity index (χ0v) is 10.8. The summed E-state index contributed by atoms with van der Waals surface area (Å²) in [6.45, 7) is 0.705. The molecule has 5 heteroatoms. The van der Waals surface area contributed by atoms with Gasteiger partial charge in [-0.3, -0.25) is 4.79 Å². The number of aliphatic hydroxyl groups is 1. The summed E-state index contributed by atoms with van der Waals surface area (Å²) >= 11 is 0. The molecule has 0 fully saturated rings. The molecular weight excluding hydrogens is 244 g/mol. The second-order valence-corrected chi connectivity index (χ2v) is 4.43. The highest BCUT2D eigenvalue weighted by Gasteiger charge is 2.08. The molecule has 0 aliphatic rings. The van der Waals surface area contributed by atoms with Crippen LogP contribution in [0.5, 0.6) is 0 Å². The minimum absolute atomic E-state index is 0.138. The van der Waals surface area contributed by atoms with Gasteiger partial charge in [-0.25, -0.2) is 0 Å². The maximum atomic E-state index is 11.9. The lowest BCUT2D eigenvalue weighted by Crippen LogP contribution is -2.28. The van der Waals surface area contributed by atoms with Crippen LogP contribution in [-0.2, 0) is 4.74 Å². The number of rotatable bonds is 6. The number of carbonyl (C=O) groups is 1. The molecule has 2 rings (SSSR count). The van der Waals surface area contributed by atoms with Gasteiger partial charge in [0.05, 0.1) is 12.7 Å². The maximum Gasteiger partial charge on any atom is 0.251 e. The fourth-order valence-electron chi connectivity index (χ4n) is 1.92. The van der Waals surface area contributed by atoms with Gasteiger partial charge in [-0.1, -0.05) is 6.07 Å². The van der Waals surface area contributed by atoms with Crippen molar-refractivity contribution in [2.24, 2.45) is 0 Å². The van der Waals surface area contributed by atoms with Crippen LogP contribution in [-0.4, -0.2) is 42.4 Å². The van der Waals surface area contributed by atoms with Crippen LogP contribution in [0.4, 0.5) is 0 Å². The van der Waals surface area contributed by atoms with Crippen molar-refractivity contribution in [1.29, 1.82) is 0 Å². The van der Waals surface area contributed by atoms with Crippen molar-refractivity contribution in [3.63, 3.8) is 0 Å². The van der Waals surface area contributed by atoms with Crippen LogP contribution in [0, 0.1) is 0 Å². The third-order valence-electron chi connectivity index (χ3n) is 2.94. The second kappa shape index (κ2) is 6.36. The first-order chi connectivity index (χ1) is 9.20. The molecule has 1 atom stereocenters. The Morgan fingerprint density at radius 2 is 2.32 bits per heavy atom. The Kier molecular flexibility index (Phi) is 4.54. The molecule has 0 saturated heterocycles. The molecule has 0 saturated carbocycles. The van der Waals surface area contributed by atoms with Crippen LogP contribution in [0.3, 0.4) is 0 Å². The largest absolute Gasteiger partial charge is 0.391 e. The zero-order valence-electron chi connectivity index (χ0n) is 10.8. The first-order valence-electron chi connectivity index (χ1n) is 6.23. The maximum absolute atomic E-state index is 11.9. The van der Waals surface area contributed by atoms with Gasteiger partial charge in [-0.2, -0.15) is 0 Å². The van der Waals surface area contributed by atoms with E-state index in [-0.39, 0.29) is 12.5 Å². The van der Waals surface area contributed by atoms with Crippen LogP contribution in [0.25, 0.3) is 10.9 Å². The molecule has 0 aliphatic heterocycles. The number of aromatic amines is 1. The Labute approximate surface area is 111 Å². The number of benzene rings is 1. The quantitative estimate of drug-likeness (QED) is 0.734. The summed E-state index contributed by atoms with van der Waals surface area (Å²) in [6.07, 6.45) is 1.77. The van der Waals surface area contributed by atoms with E-state index in [0.29, 0.717) is 18.5 Å². The number of hydrogen-bond acceptors (Lipinski definition) is 3. The molecule has 1 aromatic heterocycles. The Bertz CT molecular complexity index is 550. The number of methoxy groups -OCH3 is 1. The molecule has 2 aromatic rings. The molecule has 0 bridgehead atoms. The molecule has 1 heterocycles. The number of hydrogen-bond donors (Lipinski definition) is 3. The molecule has 102 valence electrons. The number of nitrogens with one attached hydrogen (secondary N) is 2. The van der Waals surface area contributed by atoms with E-state index in [4.69, 9.17) is 4.74 Å². The van der Waals surface area contributed by atoms with Gasteiger partial charge in [0.25, 0.3) is 5.91 Å². The third-order valence-corrected chi connectivity index (χ3v) is 2.94. The predicted molar refractivity (Wildman–Crippen MR) is 73.1 cm³/mol. The molecule has 0 radical (unpaired) electrons. The molecule has 19 heavy (non-hydrogen) atoms. The fourth-order valence-corrected chi connectivity index (χ4v) is 1.92. The van der Waals surface area contributed by atoms with Gasteiger partial charge < -0.3 is 20.1 Å². The van der Waals surface area contributed by atoms with Crippen LogP contribution in [0.15, 0.2) is 30.5 Å². The van der Waals surface area contributed by atoms with E-state index in [0.717, 1.165) is 10.9 Å². The van der Waals surface area contributed by atoms with E-state index in [1.54, 1.807) is 6.07 Å². The number of H-pyrrole nitrogens is 1. The highest BCUT2D eigenvalue weighted by molar-refractivity contribution is 5.97. The third kappa shape index (κ3) is 3.56. The molecule has 5 nitrogen and oxygen atoms in total. The van der Waals surface area contributed by atoms with Crippen molar-refractivity contribution in [1.82, 2.24) is 10.3 Å². The lowest BCUT2D eigenvalue weighted by Gasteiger charge is -2.10. The number of aliphatic hydroxyl groups excluding tert-OH is 1. The predicted octanol–water partition coefficient (Wildman–Crippen LogP) is 1.30. The summed E-state index contributed by atoms with van der Waals surface area (Å²) in [4.78, 5) is 15.0. The van der Waals surface area contributed by atoms with Crippen molar-refractivity contribution < 1.29 is 14.6 Å². The molecule has 3 N–H and O–H groups in total. The van der Waals surface area contributed by atoms with Gasteiger partial charge in [0.1, 0.15) is 0 Å². The highest BCUT2D eigenvalue weighted by Crippen LogP contribution is 2.13. The molecule has 0 spiro atoms. The Hall–Kier alpha value is -1.85. The van der Waals surface area contributed by atoms with Crippen molar-refractivity contribution in [2.45, 2.75) is 12.5 Å². The number of aromatic nitrogens is 1. The van der Waals surface area contributed by atoms with Crippen molar-refractivity contribution in [3.05, 3.63) is 36.0 Å². The van der Waals surface area contributed by atoms with Crippen molar-refractivity contribution >= 4 is 16.8 Å². The first-order valence-corrected chi connectivity index (χ1v) is 6.23. The van der Waals surface area contributed by atoms with Crippen LogP contribution in [0.1, 0.15) is 16.8 Å². The SMILES string of the molecule is COCC(O)CCNC(=O)c1ccc2cc[nH]c2c1. The highest BCUT2D eigenvalue weighted by atomic mass is 16.5. The molecule has 0 aliphatic carbocycles. The van der Waals surface area contributed by atoms with Gasteiger partial charge in [-0.05, 0) is 30.0 Å². The Morgan fingerprint density at radius 3 is 3.11 bits per heavy atom. The number of amides is 1. The zero-order chi connectivity index (χ0) is 13.7. The minimum atomic E-state index is -0.545. The molecule has 1 aromatic carbocycles. The Morgan fingerprint density at radius 1 is 1.47 bits per heavy atom. The molecule has 1 amide bonds. The van der Waals surface area contributed by atoms with Crippen molar-refractivity contribution in [3.8, 4) is 0 Å². The van der Waals surface area contributed by atoms with E-state index in [1.165, 1.54) is 7.11 Å². The number of carbonyl (C=O) groups excluding carboxylic acids is 1. The summed E-state index contributed by atoms with van der Waals surface area (Å²) in [5, 5.41) is 13.3. The van der Waals surface area contributed by atoms with E-state index in [9.17, 15) is 9.90 Å². The lowest BCUT2D eigenvalue weighted by molar-refractivity contribution is 0.0587. The standard InChI is InChI=1S/C14H18N2O3/c1-19-9-12(17)5-7-16-14(18)11-3-2-10-4-6-15-13(10)8-11/h2-4,6,8,12,15,17H,5,7,9H2,1H3,(H,16,18). The summed E-state index contributed by atoms with van der Waals surface area (Å²) in [6, 6.07) is 7.46. The summed E-state index contributed by atoms with van der Waals surface area (Å²) in [5.41, 5.74) is 1.54. The number of ether oxygens (including phenoxy) is 1. The monoisotopic (exact) mass is 262 g/mol. The summed E-state index contributed by atoms with van der Waals surface area (Å²) < 4.78 is 4.82. The molecular formula is C14H18N2O3. The minimum Gasteiger partial charge on any atom is -0.391 e.